The van der Waals surface area contributed by atoms with Gasteiger partial charge in [0.25, 0.3) is 0 Å². The van der Waals surface area contributed by atoms with Crippen molar-refractivity contribution in [3.8, 4) is 11.1 Å². The number of nitrogens with one attached hydrogen (secondary N) is 2. The van der Waals surface area contributed by atoms with Gasteiger partial charge in [-0.2, -0.15) is 0 Å². The van der Waals surface area contributed by atoms with Crippen LogP contribution in [0, 0.1) is 0 Å². The fourth-order valence-electron chi connectivity index (χ4n) is 4.81. The van der Waals surface area contributed by atoms with E-state index in [1.54, 1.807) is 6.07 Å². The number of piperidine rings is 1. The molecule has 1 heterocycles. The number of halogens is 1. The second-order valence-electron chi connectivity index (χ2n) is 13.2. The van der Waals surface area contributed by atoms with E-state index in [1.807, 2.05) is 60.7 Å². The molecule has 0 radical (unpaired) electrons. The van der Waals surface area contributed by atoms with Crippen LogP contribution in [-0.4, -0.2) is 51.5 Å². The van der Waals surface area contributed by atoms with Gasteiger partial charge in [0.05, 0.1) is 12.3 Å². The fourth-order valence-corrected chi connectivity index (χ4v) is 6.00. The summed E-state index contributed by atoms with van der Waals surface area (Å²) in [6.45, 7) is 13.3. The zero-order valence-corrected chi connectivity index (χ0v) is 28.6. The van der Waals surface area contributed by atoms with Gasteiger partial charge in [-0.15, -0.1) is 0 Å². The van der Waals surface area contributed by atoms with Crippen LogP contribution in [0.4, 0.5) is 16.2 Å². The molecular formula is C35H46ClN3O4Si. The van der Waals surface area contributed by atoms with Crippen molar-refractivity contribution in [1.82, 2.24) is 4.90 Å². The van der Waals surface area contributed by atoms with Crippen LogP contribution in [0.15, 0.2) is 66.7 Å². The second-order valence-corrected chi connectivity index (χ2v) is 18.4. The molecule has 2 N–H and O–H groups in total. The first-order valence-corrected chi connectivity index (χ1v) is 18.7. The van der Waals surface area contributed by atoms with Crippen molar-refractivity contribution in [1.29, 1.82) is 0 Å². The molecule has 0 unspecified atom stereocenters. The van der Waals surface area contributed by atoms with Crippen LogP contribution in [0.2, 0.25) is 23.2 Å². The molecular weight excluding hydrogens is 590 g/mol. The van der Waals surface area contributed by atoms with E-state index in [4.69, 9.17) is 20.8 Å². The third kappa shape index (κ3) is 9.41. The number of rotatable bonds is 10. The zero-order valence-electron chi connectivity index (χ0n) is 26.8. The van der Waals surface area contributed by atoms with E-state index >= 15 is 0 Å². The molecule has 3 aromatic rings. The minimum atomic E-state index is -1.90. The number of carbonyl (C=O) groups excluding carboxylic acids is 2. The second kappa shape index (κ2) is 14.7. The lowest BCUT2D eigenvalue weighted by Gasteiger charge is -2.36. The van der Waals surface area contributed by atoms with E-state index in [0.717, 1.165) is 48.2 Å². The summed E-state index contributed by atoms with van der Waals surface area (Å²) in [6, 6.07) is 21.4. The number of benzene rings is 3. The topological polar surface area (TPSA) is 79.9 Å². The van der Waals surface area contributed by atoms with Gasteiger partial charge in [-0.1, -0.05) is 80.9 Å². The highest BCUT2D eigenvalue weighted by atomic mass is 35.5. The van der Waals surface area contributed by atoms with Crippen molar-refractivity contribution in [2.45, 2.75) is 77.3 Å². The van der Waals surface area contributed by atoms with E-state index in [2.05, 4.69) is 56.4 Å². The smallest absolute Gasteiger partial charge is 0.411 e. The Balaban J connectivity index is 1.37. The lowest BCUT2D eigenvalue weighted by molar-refractivity contribution is -0.116. The highest BCUT2D eigenvalue weighted by Gasteiger charge is 2.37. The van der Waals surface area contributed by atoms with Gasteiger partial charge in [0, 0.05) is 35.8 Å². The zero-order chi connectivity index (χ0) is 31.9. The van der Waals surface area contributed by atoms with Crippen molar-refractivity contribution in [2.24, 2.45) is 0 Å². The molecule has 0 bridgehead atoms. The van der Waals surface area contributed by atoms with Gasteiger partial charge in [0.1, 0.15) is 6.10 Å². The molecule has 1 fully saturated rings. The molecule has 1 saturated heterocycles. The minimum absolute atomic E-state index is 0.0921. The maximum Gasteiger partial charge on any atom is 0.411 e. The monoisotopic (exact) mass is 635 g/mol. The summed E-state index contributed by atoms with van der Waals surface area (Å²) in [7, 11) is 0.173. The number of hydrogen-bond donors (Lipinski definition) is 2. The summed E-state index contributed by atoms with van der Waals surface area (Å²) in [4.78, 5) is 28.0. The number of likely N-dealkylation sites (tertiary alicyclic amines) is 1. The van der Waals surface area contributed by atoms with Crippen LogP contribution >= 0.6 is 11.6 Å². The van der Waals surface area contributed by atoms with E-state index in [1.165, 1.54) is 0 Å². The van der Waals surface area contributed by atoms with Crippen LogP contribution in [0.5, 0.6) is 0 Å². The lowest BCUT2D eigenvalue weighted by atomic mass is 9.99. The Labute approximate surface area is 268 Å². The molecule has 1 aliphatic rings. The first kappa shape index (κ1) is 33.7. The summed E-state index contributed by atoms with van der Waals surface area (Å²) in [5.74, 6) is -0.116. The molecule has 7 nitrogen and oxygen atoms in total. The minimum Gasteiger partial charge on any atom is -0.446 e. The van der Waals surface area contributed by atoms with Crippen molar-refractivity contribution in [3.05, 3.63) is 82.9 Å². The number of nitrogens with zero attached hydrogens (tertiary/aromatic N) is 1. The Bertz CT molecular complexity index is 1430. The van der Waals surface area contributed by atoms with Crippen molar-refractivity contribution in [3.63, 3.8) is 0 Å². The molecule has 44 heavy (non-hydrogen) atoms. The van der Waals surface area contributed by atoms with Crippen LogP contribution in [0.25, 0.3) is 11.1 Å². The summed E-state index contributed by atoms with van der Waals surface area (Å²) in [5.41, 5.74) is 5.03. The van der Waals surface area contributed by atoms with E-state index in [0.29, 0.717) is 29.4 Å². The van der Waals surface area contributed by atoms with Crippen LogP contribution in [0.3, 0.4) is 0 Å². The molecule has 0 aliphatic carbocycles. The molecule has 236 valence electrons. The van der Waals surface area contributed by atoms with Gasteiger partial charge < -0.3 is 19.4 Å². The van der Waals surface area contributed by atoms with E-state index in [-0.39, 0.29) is 23.5 Å². The van der Waals surface area contributed by atoms with Gasteiger partial charge in [0.15, 0.2) is 8.32 Å². The third-order valence-electron chi connectivity index (χ3n) is 8.72. The molecule has 0 atom stereocenters. The number of anilines is 2. The Morgan fingerprint density at radius 2 is 1.68 bits per heavy atom. The maximum atomic E-state index is 12.9. The average molecular weight is 636 g/mol. The Hall–Kier alpha value is -3.17. The number of carbonyl (C=O) groups is 2. The van der Waals surface area contributed by atoms with Gasteiger partial charge in [-0.25, -0.2) is 4.79 Å². The predicted octanol–water partition coefficient (Wildman–Crippen LogP) is 8.74. The standard InChI is InChI=1S/C35H46ClN3O4Si/c1-35(2,3)44(5,6)42-24-27-14-15-28(23-31(27)36)37-33(40)17-13-25-12-16-30(26-10-8-7-9-11-26)32(22-25)38-34(41)43-29-18-20-39(4)21-19-29/h7-12,14-16,22-23,29H,13,17-21,24H2,1-6H3,(H,37,40)(H,38,41). The van der Waals surface area contributed by atoms with Crippen molar-refractivity contribution < 1.29 is 18.8 Å². The van der Waals surface area contributed by atoms with E-state index < -0.39 is 14.4 Å². The number of aryl methyl sites for hydroxylation is 1. The first-order valence-electron chi connectivity index (χ1n) is 15.4. The Morgan fingerprint density at radius 1 is 0.977 bits per heavy atom. The highest BCUT2D eigenvalue weighted by molar-refractivity contribution is 6.74. The predicted molar refractivity (Wildman–Crippen MR) is 183 cm³/mol. The SMILES string of the molecule is CN1CCC(OC(=O)Nc2cc(CCC(=O)Nc3ccc(CO[Si](C)(C)C(C)(C)C)c(Cl)c3)ccc2-c2ccccc2)CC1. The van der Waals surface area contributed by atoms with Crippen LogP contribution < -0.4 is 10.6 Å². The molecule has 9 heteroatoms. The first-order chi connectivity index (χ1) is 20.8. The van der Waals surface area contributed by atoms with Gasteiger partial charge in [-0.05, 0) is 79.3 Å². The summed E-state index contributed by atoms with van der Waals surface area (Å²) < 4.78 is 12.1. The molecule has 0 aromatic heterocycles. The fraction of sp³-hybridized carbons (Fsp3) is 0.429. The van der Waals surface area contributed by atoms with Crippen LogP contribution in [-0.2, 0) is 27.0 Å². The van der Waals surface area contributed by atoms with E-state index in [9.17, 15) is 9.59 Å². The molecule has 1 aliphatic heterocycles. The summed E-state index contributed by atoms with van der Waals surface area (Å²) in [5, 5.41) is 6.62. The number of amides is 2. The maximum absolute atomic E-state index is 12.9. The molecule has 0 spiro atoms. The third-order valence-corrected chi connectivity index (χ3v) is 13.5. The number of hydrogen-bond acceptors (Lipinski definition) is 5. The lowest BCUT2D eigenvalue weighted by Crippen LogP contribution is -2.40. The van der Waals surface area contributed by atoms with Crippen LogP contribution in [0.1, 0.15) is 51.2 Å². The molecule has 0 saturated carbocycles. The molecule has 2 amide bonds. The quantitative estimate of drug-likeness (QED) is 0.218. The van der Waals surface area contributed by atoms with Gasteiger partial charge in [0.2, 0.25) is 5.91 Å². The van der Waals surface area contributed by atoms with Gasteiger partial charge in [-0.3, -0.25) is 10.1 Å². The largest absolute Gasteiger partial charge is 0.446 e. The normalized spacial score (nSPS) is 14.7. The van der Waals surface area contributed by atoms with Crippen molar-refractivity contribution in [2.75, 3.05) is 30.8 Å². The van der Waals surface area contributed by atoms with Crippen molar-refractivity contribution >= 4 is 43.3 Å². The average Bonchev–Trinajstić information content (AvgIpc) is 2.97. The molecule has 4 rings (SSSR count). The van der Waals surface area contributed by atoms with Gasteiger partial charge >= 0.3 is 6.09 Å². The summed E-state index contributed by atoms with van der Waals surface area (Å²) in [6.07, 6.45) is 1.88. The Kier molecular flexibility index (Phi) is 11.3. The summed E-state index contributed by atoms with van der Waals surface area (Å²) >= 11 is 6.56. The Morgan fingerprint density at radius 3 is 2.34 bits per heavy atom. The number of ether oxygens (including phenoxy) is 1. The molecule has 3 aromatic carbocycles. The highest BCUT2D eigenvalue weighted by Crippen LogP contribution is 2.37.